The van der Waals surface area contributed by atoms with Gasteiger partial charge in [0.25, 0.3) is 0 Å². The number of carboxylic acid groups (broad SMARTS) is 1. The number of rotatable bonds is 7. The molecule has 0 aliphatic heterocycles. The summed E-state index contributed by atoms with van der Waals surface area (Å²) < 4.78 is 0. The van der Waals surface area contributed by atoms with Crippen molar-refractivity contribution in [2.24, 2.45) is 11.3 Å². The molecule has 3 nitrogen and oxygen atoms in total. The van der Waals surface area contributed by atoms with Crippen molar-refractivity contribution in [1.82, 2.24) is 0 Å². The molecule has 3 heteroatoms. The van der Waals surface area contributed by atoms with Crippen LogP contribution < -0.4 is 0 Å². The number of ketones is 1. The molecular weight excluding hydrogens is 216 g/mol. The van der Waals surface area contributed by atoms with Gasteiger partial charge in [-0.2, -0.15) is 0 Å². The van der Waals surface area contributed by atoms with Crippen molar-refractivity contribution in [2.45, 2.75) is 65.2 Å². The van der Waals surface area contributed by atoms with Crippen LogP contribution in [0.25, 0.3) is 0 Å². The maximum Gasteiger partial charge on any atom is 0.310 e. The summed E-state index contributed by atoms with van der Waals surface area (Å²) in [5.41, 5.74) is -0.789. The summed E-state index contributed by atoms with van der Waals surface area (Å²) in [5, 5.41) is 9.55. The molecule has 0 heterocycles. The van der Waals surface area contributed by atoms with Crippen molar-refractivity contribution in [1.29, 1.82) is 0 Å². The molecule has 0 spiro atoms. The SMILES string of the molecule is CCCCCC(CC)(C(=O)O)C1CCCC1=O. The van der Waals surface area contributed by atoms with E-state index in [-0.39, 0.29) is 11.7 Å². The minimum atomic E-state index is -0.789. The van der Waals surface area contributed by atoms with Gasteiger partial charge in [-0.15, -0.1) is 0 Å². The van der Waals surface area contributed by atoms with Gasteiger partial charge in [-0.1, -0.05) is 33.1 Å². The Balaban J connectivity index is 2.83. The van der Waals surface area contributed by atoms with Gasteiger partial charge >= 0.3 is 5.97 Å². The van der Waals surface area contributed by atoms with Crippen molar-refractivity contribution in [3.8, 4) is 0 Å². The maximum atomic E-state index is 11.9. The van der Waals surface area contributed by atoms with Gasteiger partial charge in [0.15, 0.2) is 0 Å². The predicted octanol–water partition coefficient (Wildman–Crippen LogP) is 3.42. The first-order valence-corrected chi connectivity index (χ1v) is 6.84. The number of hydrogen-bond donors (Lipinski definition) is 1. The Kier molecular flexibility index (Phi) is 5.16. The van der Waals surface area contributed by atoms with Crippen LogP contribution >= 0.6 is 0 Å². The van der Waals surface area contributed by atoms with Gasteiger partial charge in [0, 0.05) is 12.3 Å². The molecule has 2 unspecified atom stereocenters. The van der Waals surface area contributed by atoms with Crippen LogP contribution in [0.3, 0.4) is 0 Å². The third-order valence-corrected chi connectivity index (χ3v) is 4.25. The molecule has 0 aromatic heterocycles. The third kappa shape index (κ3) is 2.88. The number of carboxylic acids is 1. The van der Waals surface area contributed by atoms with E-state index in [2.05, 4.69) is 6.92 Å². The molecule has 1 aliphatic carbocycles. The van der Waals surface area contributed by atoms with Crippen LogP contribution in [0.5, 0.6) is 0 Å². The van der Waals surface area contributed by atoms with Gasteiger partial charge in [0.1, 0.15) is 5.78 Å². The Morgan fingerprint density at radius 1 is 1.41 bits per heavy atom. The first kappa shape index (κ1) is 14.2. The Bertz CT molecular complexity index is 285. The van der Waals surface area contributed by atoms with E-state index in [1.807, 2.05) is 6.92 Å². The number of unbranched alkanes of at least 4 members (excludes halogenated alkanes) is 2. The lowest BCUT2D eigenvalue weighted by atomic mass is 9.68. The van der Waals surface area contributed by atoms with Gasteiger partial charge in [-0.05, 0) is 25.7 Å². The first-order chi connectivity index (χ1) is 8.08. The number of carbonyl (C=O) groups is 2. The van der Waals surface area contributed by atoms with Crippen LogP contribution in [-0.4, -0.2) is 16.9 Å². The second-order valence-electron chi connectivity index (χ2n) is 5.18. The van der Waals surface area contributed by atoms with Gasteiger partial charge < -0.3 is 5.11 Å². The molecule has 1 aliphatic rings. The lowest BCUT2D eigenvalue weighted by Gasteiger charge is -2.33. The molecule has 0 radical (unpaired) electrons. The quantitative estimate of drug-likeness (QED) is 0.694. The van der Waals surface area contributed by atoms with E-state index in [1.165, 1.54) is 0 Å². The highest BCUT2D eigenvalue weighted by atomic mass is 16.4. The minimum Gasteiger partial charge on any atom is -0.481 e. The summed E-state index contributed by atoms with van der Waals surface area (Å²) in [5.74, 6) is -0.830. The predicted molar refractivity (Wildman–Crippen MR) is 66.8 cm³/mol. The van der Waals surface area contributed by atoms with Crippen molar-refractivity contribution in [2.75, 3.05) is 0 Å². The third-order valence-electron chi connectivity index (χ3n) is 4.25. The lowest BCUT2D eigenvalue weighted by molar-refractivity contribution is -0.156. The second kappa shape index (κ2) is 6.18. The fraction of sp³-hybridized carbons (Fsp3) is 0.857. The molecule has 17 heavy (non-hydrogen) atoms. The fourth-order valence-electron chi connectivity index (χ4n) is 3.10. The molecule has 1 saturated carbocycles. The monoisotopic (exact) mass is 240 g/mol. The molecule has 1 fully saturated rings. The number of Topliss-reactive ketones (excluding diaryl/α,β-unsaturated/α-hetero) is 1. The standard InChI is InChI=1S/C14H24O3/c1-3-5-6-10-14(4-2,13(16)17)11-8-7-9-12(11)15/h11H,3-10H2,1-2H3,(H,16,17). The van der Waals surface area contributed by atoms with Gasteiger partial charge in [-0.3, -0.25) is 9.59 Å². The highest BCUT2D eigenvalue weighted by molar-refractivity contribution is 5.89. The summed E-state index contributed by atoms with van der Waals surface area (Å²) in [6.07, 6.45) is 6.49. The summed E-state index contributed by atoms with van der Waals surface area (Å²) in [4.78, 5) is 23.5. The average Bonchev–Trinajstić information content (AvgIpc) is 2.71. The van der Waals surface area contributed by atoms with Crippen LogP contribution in [0.4, 0.5) is 0 Å². The Labute approximate surface area is 104 Å². The van der Waals surface area contributed by atoms with Crippen LogP contribution in [0, 0.1) is 11.3 Å². The molecular formula is C14H24O3. The van der Waals surface area contributed by atoms with Crippen molar-refractivity contribution in [3.05, 3.63) is 0 Å². The van der Waals surface area contributed by atoms with Crippen molar-refractivity contribution < 1.29 is 14.7 Å². The van der Waals surface area contributed by atoms with Crippen molar-refractivity contribution >= 4 is 11.8 Å². The number of aliphatic carboxylic acids is 1. The number of carbonyl (C=O) groups excluding carboxylic acids is 1. The maximum absolute atomic E-state index is 11.9. The molecule has 0 amide bonds. The van der Waals surface area contributed by atoms with Crippen molar-refractivity contribution in [3.63, 3.8) is 0 Å². The average molecular weight is 240 g/mol. The summed E-state index contributed by atoms with van der Waals surface area (Å²) in [6, 6.07) is 0. The summed E-state index contributed by atoms with van der Waals surface area (Å²) in [7, 11) is 0. The van der Waals surface area contributed by atoms with Crippen LogP contribution in [0.1, 0.15) is 65.2 Å². The summed E-state index contributed by atoms with van der Waals surface area (Å²) in [6.45, 7) is 4.01. The second-order valence-corrected chi connectivity index (χ2v) is 5.18. The van der Waals surface area contributed by atoms with Gasteiger partial charge in [0.2, 0.25) is 0 Å². The Hall–Kier alpha value is -0.860. The molecule has 98 valence electrons. The molecule has 2 atom stereocenters. The first-order valence-electron chi connectivity index (χ1n) is 6.84. The van der Waals surface area contributed by atoms with E-state index in [9.17, 15) is 14.7 Å². The van der Waals surface area contributed by atoms with E-state index in [1.54, 1.807) is 0 Å². The van der Waals surface area contributed by atoms with Crippen LogP contribution in [0.15, 0.2) is 0 Å². The Morgan fingerprint density at radius 3 is 2.53 bits per heavy atom. The van der Waals surface area contributed by atoms with Crippen LogP contribution in [-0.2, 0) is 9.59 Å². The zero-order valence-corrected chi connectivity index (χ0v) is 11.0. The van der Waals surface area contributed by atoms with Crippen LogP contribution in [0.2, 0.25) is 0 Å². The zero-order valence-electron chi connectivity index (χ0n) is 11.0. The van der Waals surface area contributed by atoms with E-state index < -0.39 is 11.4 Å². The molecule has 0 bridgehead atoms. The molecule has 0 aromatic carbocycles. The van der Waals surface area contributed by atoms with E-state index in [0.29, 0.717) is 19.3 Å². The lowest BCUT2D eigenvalue weighted by Crippen LogP contribution is -2.40. The largest absolute Gasteiger partial charge is 0.481 e. The number of hydrogen-bond acceptors (Lipinski definition) is 2. The van der Waals surface area contributed by atoms with Gasteiger partial charge in [-0.25, -0.2) is 0 Å². The Morgan fingerprint density at radius 2 is 2.12 bits per heavy atom. The minimum absolute atomic E-state index is 0.172. The van der Waals surface area contributed by atoms with E-state index >= 15 is 0 Å². The van der Waals surface area contributed by atoms with Gasteiger partial charge in [0.05, 0.1) is 5.41 Å². The topological polar surface area (TPSA) is 54.4 Å². The molecule has 1 N–H and O–H groups in total. The van der Waals surface area contributed by atoms with E-state index in [0.717, 1.165) is 32.1 Å². The normalized spacial score (nSPS) is 23.6. The molecule has 1 rings (SSSR count). The highest BCUT2D eigenvalue weighted by Crippen LogP contribution is 2.44. The van der Waals surface area contributed by atoms with E-state index in [4.69, 9.17) is 0 Å². The fourth-order valence-corrected chi connectivity index (χ4v) is 3.10. The summed E-state index contributed by atoms with van der Waals surface area (Å²) >= 11 is 0. The highest BCUT2D eigenvalue weighted by Gasteiger charge is 2.48. The smallest absolute Gasteiger partial charge is 0.310 e. The molecule has 0 aromatic rings. The molecule has 0 saturated heterocycles. The zero-order chi connectivity index (χ0) is 12.9.